The first-order valence-electron chi connectivity index (χ1n) is 10.4. The van der Waals surface area contributed by atoms with E-state index in [0.29, 0.717) is 19.6 Å². The molecule has 0 saturated carbocycles. The summed E-state index contributed by atoms with van der Waals surface area (Å²) < 4.78 is 11.4. The fourth-order valence-corrected chi connectivity index (χ4v) is 4.24. The van der Waals surface area contributed by atoms with Crippen molar-refractivity contribution in [3.8, 4) is 17.6 Å². The molecule has 6 heteroatoms. The van der Waals surface area contributed by atoms with Crippen LogP contribution in [0.4, 0.5) is 5.69 Å². The summed E-state index contributed by atoms with van der Waals surface area (Å²) in [7, 11) is 0. The van der Waals surface area contributed by atoms with Gasteiger partial charge in [-0.25, -0.2) is 9.98 Å². The predicted molar refractivity (Wildman–Crippen MR) is 121 cm³/mol. The lowest BCUT2D eigenvalue weighted by molar-refractivity contribution is 0.171. The van der Waals surface area contributed by atoms with Crippen molar-refractivity contribution in [3.05, 3.63) is 71.4 Å². The van der Waals surface area contributed by atoms with Gasteiger partial charge in [0.2, 0.25) is 0 Å². The van der Waals surface area contributed by atoms with E-state index < -0.39 is 0 Å². The van der Waals surface area contributed by atoms with Gasteiger partial charge in [0.15, 0.2) is 11.5 Å². The Morgan fingerprint density at radius 1 is 1.06 bits per heavy atom. The largest absolute Gasteiger partial charge is 0.486 e. The predicted octanol–water partition coefficient (Wildman–Crippen LogP) is 4.61. The maximum Gasteiger partial charge on any atom is 0.161 e. The molecule has 1 N–H and O–H groups in total. The molecule has 2 aromatic rings. The SMILES string of the molecule is CC1C(c2ccc3c(c2)OCCO3)=CC=C2N=CN=C(Nc3ccc(CC#N)cc3)C21. The Kier molecular flexibility index (Phi) is 5.01. The molecule has 0 spiro atoms. The van der Waals surface area contributed by atoms with Crippen molar-refractivity contribution in [2.24, 2.45) is 21.8 Å². The quantitative estimate of drug-likeness (QED) is 0.801. The van der Waals surface area contributed by atoms with Gasteiger partial charge in [0.25, 0.3) is 0 Å². The lowest BCUT2D eigenvalue weighted by Gasteiger charge is -2.33. The first kappa shape index (κ1) is 19.1. The van der Waals surface area contributed by atoms with Gasteiger partial charge in [-0.3, -0.25) is 0 Å². The zero-order chi connectivity index (χ0) is 21.2. The molecule has 0 fully saturated rings. The number of ether oxygens (including phenoxy) is 2. The maximum absolute atomic E-state index is 8.87. The summed E-state index contributed by atoms with van der Waals surface area (Å²) in [5.74, 6) is 2.64. The minimum absolute atomic E-state index is 0.0250. The van der Waals surface area contributed by atoms with Gasteiger partial charge in [-0.15, -0.1) is 0 Å². The number of aliphatic imine (C=N–C) groups is 2. The van der Waals surface area contributed by atoms with Crippen molar-refractivity contribution >= 4 is 23.4 Å². The van der Waals surface area contributed by atoms with Crippen molar-refractivity contribution in [1.82, 2.24) is 0 Å². The first-order chi connectivity index (χ1) is 15.2. The Bertz CT molecular complexity index is 1170. The maximum atomic E-state index is 8.87. The Morgan fingerprint density at radius 2 is 1.87 bits per heavy atom. The van der Waals surface area contributed by atoms with Crippen LogP contribution in [-0.2, 0) is 6.42 Å². The minimum atomic E-state index is 0.0250. The second-order valence-electron chi connectivity index (χ2n) is 7.75. The molecule has 2 aliphatic heterocycles. The van der Waals surface area contributed by atoms with Crippen LogP contribution in [0.2, 0.25) is 0 Å². The van der Waals surface area contributed by atoms with Gasteiger partial charge in [-0.2, -0.15) is 5.26 Å². The summed E-state index contributed by atoms with van der Waals surface area (Å²) in [5.41, 5.74) is 5.25. The van der Waals surface area contributed by atoms with E-state index in [1.807, 2.05) is 30.3 Å². The molecule has 2 unspecified atom stereocenters. The molecule has 0 radical (unpaired) electrons. The highest BCUT2D eigenvalue weighted by molar-refractivity contribution is 6.05. The van der Waals surface area contributed by atoms with Crippen LogP contribution in [0.5, 0.6) is 11.5 Å². The number of fused-ring (bicyclic) bond motifs is 2. The van der Waals surface area contributed by atoms with Crippen LogP contribution in [0.3, 0.4) is 0 Å². The van der Waals surface area contributed by atoms with Crippen molar-refractivity contribution < 1.29 is 9.47 Å². The highest BCUT2D eigenvalue weighted by atomic mass is 16.6. The summed E-state index contributed by atoms with van der Waals surface area (Å²) in [4.78, 5) is 9.08. The fourth-order valence-electron chi connectivity index (χ4n) is 4.24. The second-order valence-corrected chi connectivity index (χ2v) is 7.75. The smallest absolute Gasteiger partial charge is 0.161 e. The average molecular weight is 410 g/mol. The Labute approximate surface area is 181 Å². The normalized spacial score (nSPS) is 21.2. The van der Waals surface area contributed by atoms with Crippen LogP contribution in [0.1, 0.15) is 18.1 Å². The van der Waals surface area contributed by atoms with Gasteiger partial charge >= 0.3 is 0 Å². The van der Waals surface area contributed by atoms with Crippen molar-refractivity contribution in [3.63, 3.8) is 0 Å². The molecule has 2 aromatic carbocycles. The van der Waals surface area contributed by atoms with E-state index >= 15 is 0 Å². The van der Waals surface area contributed by atoms with Crippen molar-refractivity contribution in [2.45, 2.75) is 13.3 Å². The molecule has 2 heterocycles. The number of benzene rings is 2. The van der Waals surface area contributed by atoms with Crippen LogP contribution in [0, 0.1) is 23.2 Å². The molecular weight excluding hydrogens is 388 g/mol. The number of rotatable bonds is 3. The molecule has 0 amide bonds. The van der Waals surface area contributed by atoms with Crippen molar-refractivity contribution in [2.75, 3.05) is 18.5 Å². The summed E-state index contributed by atoms with van der Waals surface area (Å²) >= 11 is 0. The van der Waals surface area contributed by atoms with Crippen LogP contribution in [-0.4, -0.2) is 25.4 Å². The summed E-state index contributed by atoms with van der Waals surface area (Å²) in [6.45, 7) is 3.36. The molecule has 0 saturated heterocycles. The number of anilines is 1. The molecule has 31 heavy (non-hydrogen) atoms. The van der Waals surface area contributed by atoms with Crippen molar-refractivity contribution in [1.29, 1.82) is 5.26 Å². The molecule has 1 aliphatic carbocycles. The molecule has 6 nitrogen and oxygen atoms in total. The minimum Gasteiger partial charge on any atom is -0.486 e. The molecule has 3 aliphatic rings. The van der Waals surface area contributed by atoms with Crippen LogP contribution < -0.4 is 14.8 Å². The van der Waals surface area contributed by atoms with Gasteiger partial charge < -0.3 is 14.8 Å². The number of hydrogen-bond donors (Lipinski definition) is 1. The lowest BCUT2D eigenvalue weighted by Crippen LogP contribution is -2.33. The standard InChI is InChI=1S/C25H22N4O2/c1-16-20(18-4-9-22-23(14-18)31-13-12-30-22)7-8-21-24(16)25(28-15-27-21)29-19-5-2-17(3-6-19)10-11-26/h2-9,14-16,24H,10,12-13H2,1H3,(H,27,28,29). The summed E-state index contributed by atoms with van der Waals surface area (Å²) in [6.07, 6.45) is 6.22. The van der Waals surface area contributed by atoms with E-state index in [1.165, 1.54) is 5.57 Å². The Balaban J connectivity index is 1.41. The number of allylic oxidation sites excluding steroid dienone is 3. The van der Waals surface area contributed by atoms with Gasteiger partial charge in [0.1, 0.15) is 25.4 Å². The Hall–Kier alpha value is -3.85. The molecule has 2 atom stereocenters. The highest BCUT2D eigenvalue weighted by Crippen LogP contribution is 2.42. The molecule has 0 bridgehead atoms. The van der Waals surface area contributed by atoms with E-state index in [9.17, 15) is 0 Å². The van der Waals surface area contributed by atoms with E-state index in [4.69, 9.17) is 14.7 Å². The van der Waals surface area contributed by atoms with Gasteiger partial charge in [0.05, 0.1) is 24.1 Å². The topological polar surface area (TPSA) is 79.0 Å². The van der Waals surface area contributed by atoms with E-state index in [1.54, 1.807) is 6.34 Å². The van der Waals surface area contributed by atoms with Crippen LogP contribution in [0.15, 0.2) is 70.3 Å². The number of nitriles is 1. The second kappa shape index (κ2) is 8.11. The van der Waals surface area contributed by atoms with E-state index in [2.05, 4.69) is 52.6 Å². The third-order valence-corrected chi connectivity index (χ3v) is 5.83. The molecule has 154 valence electrons. The summed E-state index contributed by atoms with van der Waals surface area (Å²) in [6, 6.07) is 16.2. The Morgan fingerprint density at radius 3 is 2.68 bits per heavy atom. The lowest BCUT2D eigenvalue weighted by atomic mass is 9.77. The third kappa shape index (κ3) is 3.71. The number of hydrogen-bond acceptors (Lipinski definition) is 6. The third-order valence-electron chi connectivity index (χ3n) is 5.83. The monoisotopic (exact) mass is 410 g/mol. The number of nitrogens with one attached hydrogen (secondary N) is 1. The highest BCUT2D eigenvalue weighted by Gasteiger charge is 2.34. The fraction of sp³-hybridized carbons (Fsp3) is 0.240. The molecule has 0 aromatic heterocycles. The summed E-state index contributed by atoms with van der Waals surface area (Å²) in [5, 5.41) is 12.3. The zero-order valence-electron chi connectivity index (χ0n) is 17.2. The molecular formula is C25H22N4O2. The van der Waals surface area contributed by atoms with E-state index in [0.717, 1.165) is 39.8 Å². The number of amidine groups is 1. The number of nitrogens with zero attached hydrogens (tertiary/aromatic N) is 3. The molecule has 5 rings (SSSR count). The first-order valence-corrected chi connectivity index (χ1v) is 10.4. The van der Waals surface area contributed by atoms with E-state index in [-0.39, 0.29) is 11.8 Å². The van der Waals surface area contributed by atoms with Gasteiger partial charge in [-0.1, -0.05) is 31.2 Å². The van der Waals surface area contributed by atoms with Gasteiger partial charge in [-0.05, 0) is 53.0 Å². The zero-order valence-corrected chi connectivity index (χ0v) is 17.2. The van der Waals surface area contributed by atoms with Crippen LogP contribution in [0.25, 0.3) is 5.57 Å². The average Bonchev–Trinajstić information content (AvgIpc) is 2.80. The van der Waals surface area contributed by atoms with Gasteiger partial charge in [0, 0.05) is 5.69 Å². The van der Waals surface area contributed by atoms with Crippen LogP contribution >= 0.6 is 0 Å².